The van der Waals surface area contributed by atoms with Crippen LogP contribution in [0.1, 0.15) is 30.9 Å². The molecule has 2 unspecified atom stereocenters. The zero-order valence-corrected chi connectivity index (χ0v) is 13.2. The van der Waals surface area contributed by atoms with Gasteiger partial charge in [-0.15, -0.1) is 0 Å². The number of ether oxygens (including phenoxy) is 1. The normalized spacial score (nSPS) is 27.0. The molecule has 3 rings (SSSR count). The molecule has 0 aromatic heterocycles. The summed E-state index contributed by atoms with van der Waals surface area (Å²) >= 11 is 3.45. The second-order valence-corrected chi connectivity index (χ2v) is 6.77. The molecule has 2 atom stereocenters. The average molecular weight is 343 g/mol. The van der Waals surface area contributed by atoms with E-state index in [1.807, 2.05) is 0 Å². The second kappa shape index (κ2) is 5.62. The van der Waals surface area contributed by atoms with E-state index in [4.69, 9.17) is 10.5 Å². The third kappa shape index (κ3) is 2.85. The van der Waals surface area contributed by atoms with Gasteiger partial charge in [0.05, 0.1) is 10.6 Å². The number of benzene rings is 1. The summed E-state index contributed by atoms with van der Waals surface area (Å²) in [7, 11) is 2.07. The monoisotopic (exact) mass is 342 g/mol. The number of hydrogen-bond donors (Lipinski definition) is 1. The first kappa shape index (κ1) is 14.3. The predicted octanol–water partition coefficient (Wildman–Crippen LogP) is 3.08. The van der Waals surface area contributed by atoms with Crippen LogP contribution in [0.4, 0.5) is 4.39 Å². The van der Waals surface area contributed by atoms with Gasteiger partial charge in [0, 0.05) is 18.2 Å². The van der Waals surface area contributed by atoms with E-state index in [9.17, 15) is 4.39 Å². The van der Waals surface area contributed by atoms with Gasteiger partial charge in [0.2, 0.25) is 0 Å². The van der Waals surface area contributed by atoms with Crippen molar-refractivity contribution in [1.29, 1.82) is 0 Å². The number of rotatable bonds is 4. The zero-order chi connectivity index (χ0) is 14.3. The van der Waals surface area contributed by atoms with Gasteiger partial charge in [-0.25, -0.2) is 4.39 Å². The second-order valence-electron chi connectivity index (χ2n) is 5.92. The Morgan fingerprint density at radius 3 is 2.80 bits per heavy atom. The van der Waals surface area contributed by atoms with E-state index in [0.717, 1.165) is 37.1 Å². The summed E-state index contributed by atoms with van der Waals surface area (Å²) in [4.78, 5) is 2.25. The summed E-state index contributed by atoms with van der Waals surface area (Å²) < 4.78 is 20.5. The van der Waals surface area contributed by atoms with E-state index >= 15 is 0 Å². The molecule has 3 nitrogen and oxygen atoms in total. The molecule has 0 bridgehead atoms. The molecule has 1 saturated heterocycles. The van der Waals surface area contributed by atoms with Crippen molar-refractivity contribution in [2.75, 3.05) is 20.1 Å². The van der Waals surface area contributed by atoms with Crippen molar-refractivity contribution in [2.24, 2.45) is 11.7 Å². The Morgan fingerprint density at radius 1 is 1.45 bits per heavy atom. The summed E-state index contributed by atoms with van der Waals surface area (Å²) in [6.45, 7) is 1.63. The molecule has 2 aliphatic rings. The van der Waals surface area contributed by atoms with E-state index in [2.05, 4.69) is 27.9 Å². The number of nitrogens with zero attached hydrogens (tertiary/aromatic N) is 1. The van der Waals surface area contributed by atoms with Gasteiger partial charge in [-0.05, 0) is 66.8 Å². The van der Waals surface area contributed by atoms with Crippen molar-refractivity contribution < 1.29 is 9.13 Å². The lowest BCUT2D eigenvalue weighted by atomic mass is 9.99. The van der Waals surface area contributed by atoms with Crippen LogP contribution in [0.15, 0.2) is 16.6 Å². The van der Waals surface area contributed by atoms with Crippen LogP contribution >= 0.6 is 15.9 Å². The summed E-state index contributed by atoms with van der Waals surface area (Å²) in [6, 6.07) is 3.28. The van der Waals surface area contributed by atoms with E-state index in [0.29, 0.717) is 23.0 Å². The summed E-state index contributed by atoms with van der Waals surface area (Å²) in [5.41, 5.74) is 6.73. The molecule has 1 aliphatic carbocycles. The Morgan fingerprint density at radius 2 is 2.20 bits per heavy atom. The molecule has 0 spiro atoms. The third-order valence-corrected chi connectivity index (χ3v) is 4.76. The van der Waals surface area contributed by atoms with Gasteiger partial charge in [-0.1, -0.05) is 0 Å². The zero-order valence-electron chi connectivity index (χ0n) is 11.6. The molecule has 0 amide bonds. The van der Waals surface area contributed by atoms with Crippen LogP contribution in [-0.2, 0) is 0 Å². The number of nitrogens with two attached hydrogens (primary N) is 1. The maximum atomic E-state index is 13.8. The Kier molecular flexibility index (Phi) is 4.02. The average Bonchev–Trinajstić information content (AvgIpc) is 3.14. The quantitative estimate of drug-likeness (QED) is 0.913. The molecule has 1 saturated carbocycles. The number of halogens is 2. The van der Waals surface area contributed by atoms with Crippen LogP contribution in [-0.4, -0.2) is 31.1 Å². The maximum Gasteiger partial charge on any atom is 0.138 e. The van der Waals surface area contributed by atoms with Gasteiger partial charge >= 0.3 is 0 Å². The van der Waals surface area contributed by atoms with Crippen LogP contribution in [0.5, 0.6) is 5.75 Å². The molecule has 20 heavy (non-hydrogen) atoms. The lowest BCUT2D eigenvalue weighted by Crippen LogP contribution is -2.21. The summed E-state index contributed by atoms with van der Waals surface area (Å²) in [5, 5.41) is 0. The smallest absolute Gasteiger partial charge is 0.138 e. The molecule has 110 valence electrons. The molecule has 2 fully saturated rings. The third-order valence-electron chi connectivity index (χ3n) is 4.17. The fraction of sp³-hybridized carbons (Fsp3) is 0.600. The summed E-state index contributed by atoms with van der Waals surface area (Å²) in [6.07, 6.45) is 3.45. The minimum atomic E-state index is -0.223. The van der Waals surface area contributed by atoms with Gasteiger partial charge in [0.1, 0.15) is 11.6 Å². The molecular formula is C15H20BrFN2O. The Hall–Kier alpha value is -0.650. The highest BCUT2D eigenvalue weighted by Crippen LogP contribution is 2.43. The molecule has 1 heterocycles. The minimum absolute atomic E-state index is 0.185. The predicted molar refractivity (Wildman–Crippen MR) is 80.3 cm³/mol. The molecule has 0 radical (unpaired) electrons. The van der Waals surface area contributed by atoms with Crippen LogP contribution in [0.25, 0.3) is 0 Å². The van der Waals surface area contributed by atoms with Crippen molar-refractivity contribution in [3.05, 3.63) is 28.0 Å². The van der Waals surface area contributed by atoms with Gasteiger partial charge < -0.3 is 10.5 Å². The number of hydrogen-bond acceptors (Lipinski definition) is 3. The van der Waals surface area contributed by atoms with Crippen molar-refractivity contribution in [1.82, 2.24) is 4.90 Å². The minimum Gasteiger partial charge on any atom is -0.489 e. The Labute approximate surface area is 127 Å². The molecule has 1 aromatic rings. The van der Waals surface area contributed by atoms with E-state index in [1.165, 1.54) is 6.07 Å². The van der Waals surface area contributed by atoms with Gasteiger partial charge in [-0.3, -0.25) is 4.90 Å². The van der Waals surface area contributed by atoms with Crippen molar-refractivity contribution in [3.63, 3.8) is 0 Å². The van der Waals surface area contributed by atoms with Crippen molar-refractivity contribution in [3.8, 4) is 5.75 Å². The first-order chi connectivity index (χ1) is 9.58. The van der Waals surface area contributed by atoms with E-state index < -0.39 is 0 Å². The van der Waals surface area contributed by atoms with E-state index in [-0.39, 0.29) is 11.9 Å². The Balaban J connectivity index is 1.94. The standard InChI is InChI=1S/C15H20BrFN2O/c1-19-8-9(7-18)4-14(19)12-5-10(17)6-13(16)15(12)20-11-2-3-11/h5-6,9,11,14H,2-4,7-8,18H2,1H3. The molecule has 5 heteroatoms. The van der Waals surface area contributed by atoms with Gasteiger partial charge in [-0.2, -0.15) is 0 Å². The van der Waals surface area contributed by atoms with Crippen LogP contribution in [0.2, 0.25) is 0 Å². The summed E-state index contributed by atoms with van der Waals surface area (Å²) in [5.74, 6) is 1.06. The molecule has 1 aliphatic heterocycles. The highest BCUT2D eigenvalue weighted by Gasteiger charge is 2.34. The highest BCUT2D eigenvalue weighted by molar-refractivity contribution is 9.10. The van der Waals surface area contributed by atoms with Crippen molar-refractivity contribution in [2.45, 2.75) is 31.4 Å². The van der Waals surface area contributed by atoms with Gasteiger partial charge in [0.15, 0.2) is 0 Å². The van der Waals surface area contributed by atoms with Crippen LogP contribution in [0.3, 0.4) is 0 Å². The molecule has 2 N–H and O–H groups in total. The molecule has 1 aromatic carbocycles. The maximum absolute atomic E-state index is 13.8. The lowest BCUT2D eigenvalue weighted by molar-refractivity contribution is 0.272. The van der Waals surface area contributed by atoms with Crippen LogP contribution < -0.4 is 10.5 Å². The largest absolute Gasteiger partial charge is 0.489 e. The first-order valence-corrected chi connectivity index (χ1v) is 7.93. The first-order valence-electron chi connectivity index (χ1n) is 7.14. The molecular weight excluding hydrogens is 323 g/mol. The topological polar surface area (TPSA) is 38.5 Å². The highest BCUT2D eigenvalue weighted by atomic mass is 79.9. The fourth-order valence-electron chi connectivity index (χ4n) is 2.94. The number of likely N-dealkylation sites (tertiary alicyclic amines) is 1. The fourth-order valence-corrected chi connectivity index (χ4v) is 3.49. The van der Waals surface area contributed by atoms with Gasteiger partial charge in [0.25, 0.3) is 0 Å². The van der Waals surface area contributed by atoms with E-state index in [1.54, 1.807) is 6.07 Å². The SMILES string of the molecule is CN1CC(CN)CC1c1cc(F)cc(Br)c1OC1CC1. The van der Waals surface area contributed by atoms with Crippen LogP contribution in [0, 0.1) is 11.7 Å². The van der Waals surface area contributed by atoms with Crippen molar-refractivity contribution >= 4 is 15.9 Å². The Bertz CT molecular complexity index is 507. The lowest BCUT2D eigenvalue weighted by Gasteiger charge is -2.23.